The maximum atomic E-state index is 5.30. The molecule has 2 heterocycles. The molecule has 3 aromatic rings. The molecule has 0 spiro atoms. The van der Waals surface area contributed by atoms with Gasteiger partial charge in [-0.15, -0.1) is 11.3 Å². The third kappa shape index (κ3) is 2.41. The molecule has 0 saturated carbocycles. The molecule has 0 fully saturated rings. The molecule has 1 aromatic carbocycles. The minimum atomic E-state index is 0.731. The van der Waals surface area contributed by atoms with Crippen LogP contribution < -0.4 is 10.1 Å². The molecular weight excluding hydrogens is 338 g/mol. The quantitative estimate of drug-likeness (QED) is 0.769. The highest BCUT2D eigenvalue weighted by Crippen LogP contribution is 2.28. The van der Waals surface area contributed by atoms with Crippen LogP contribution in [-0.4, -0.2) is 16.5 Å². The molecule has 0 amide bonds. The Morgan fingerprint density at radius 3 is 3.10 bits per heavy atom. The summed E-state index contributed by atoms with van der Waals surface area (Å²) >= 11 is 5.10. The predicted molar refractivity (Wildman–Crippen MR) is 85.8 cm³/mol. The Kier molecular flexibility index (Phi) is 3.67. The van der Waals surface area contributed by atoms with Gasteiger partial charge in [-0.2, -0.15) is 0 Å². The van der Waals surface area contributed by atoms with E-state index in [0.29, 0.717) is 0 Å². The summed E-state index contributed by atoms with van der Waals surface area (Å²) in [5, 5.41) is 5.46. The lowest BCUT2D eigenvalue weighted by molar-refractivity contribution is 0.412. The predicted octanol–water partition coefficient (Wildman–Crippen LogP) is 4.09. The minimum absolute atomic E-state index is 0.731. The monoisotopic (exact) mass is 351 g/mol. The van der Waals surface area contributed by atoms with Crippen LogP contribution in [0, 0.1) is 6.92 Å². The number of anilines is 1. The molecule has 3 rings (SSSR count). The van der Waals surface area contributed by atoms with Crippen LogP contribution in [0.4, 0.5) is 5.69 Å². The average Bonchev–Trinajstić information content (AvgIpc) is 2.99. The summed E-state index contributed by atoms with van der Waals surface area (Å²) in [6, 6.07) is 5.98. The molecule has 0 bridgehead atoms. The molecule has 6 heteroatoms. The van der Waals surface area contributed by atoms with E-state index in [1.807, 2.05) is 30.5 Å². The number of imidazole rings is 1. The number of hydrogen-bond donors (Lipinski definition) is 1. The van der Waals surface area contributed by atoms with Gasteiger partial charge < -0.3 is 10.1 Å². The summed E-state index contributed by atoms with van der Waals surface area (Å²) in [4.78, 5) is 5.58. The highest BCUT2D eigenvalue weighted by atomic mass is 79.9. The normalized spacial score (nSPS) is 10.9. The van der Waals surface area contributed by atoms with Crippen molar-refractivity contribution >= 4 is 37.9 Å². The van der Waals surface area contributed by atoms with Crippen LogP contribution in [0.1, 0.15) is 11.4 Å². The summed E-state index contributed by atoms with van der Waals surface area (Å²) in [5.41, 5.74) is 3.27. The minimum Gasteiger partial charge on any atom is -0.495 e. The zero-order valence-electron chi connectivity index (χ0n) is 11.2. The second kappa shape index (κ2) is 5.46. The van der Waals surface area contributed by atoms with Crippen LogP contribution in [-0.2, 0) is 6.54 Å². The third-order valence-corrected chi connectivity index (χ3v) is 4.58. The summed E-state index contributed by atoms with van der Waals surface area (Å²) in [7, 11) is 1.67. The van der Waals surface area contributed by atoms with E-state index < -0.39 is 0 Å². The van der Waals surface area contributed by atoms with Crippen molar-refractivity contribution in [2.24, 2.45) is 0 Å². The van der Waals surface area contributed by atoms with Crippen molar-refractivity contribution in [3.8, 4) is 5.75 Å². The van der Waals surface area contributed by atoms with Crippen molar-refractivity contribution in [1.29, 1.82) is 0 Å². The molecule has 1 N–H and O–H groups in total. The molecule has 0 radical (unpaired) electrons. The van der Waals surface area contributed by atoms with Crippen LogP contribution >= 0.6 is 27.3 Å². The Labute approximate surface area is 129 Å². The first-order chi connectivity index (χ1) is 9.69. The van der Waals surface area contributed by atoms with Gasteiger partial charge >= 0.3 is 0 Å². The standard InChI is InChI=1S/C14H14BrN3OS/c1-9-12(18-5-6-20-14(18)17-9)8-16-10-3-4-11(15)13(7-10)19-2/h3-7,16H,8H2,1-2H3. The Hall–Kier alpha value is -1.53. The van der Waals surface area contributed by atoms with E-state index in [1.54, 1.807) is 18.4 Å². The summed E-state index contributed by atoms with van der Waals surface area (Å²) < 4.78 is 8.38. The van der Waals surface area contributed by atoms with Crippen LogP contribution in [0.25, 0.3) is 4.96 Å². The van der Waals surface area contributed by atoms with Gasteiger partial charge in [0.25, 0.3) is 0 Å². The Morgan fingerprint density at radius 2 is 2.30 bits per heavy atom. The number of rotatable bonds is 4. The zero-order valence-corrected chi connectivity index (χ0v) is 13.6. The van der Waals surface area contributed by atoms with Crippen molar-refractivity contribution in [1.82, 2.24) is 9.38 Å². The number of halogens is 1. The smallest absolute Gasteiger partial charge is 0.194 e. The van der Waals surface area contributed by atoms with E-state index >= 15 is 0 Å². The van der Waals surface area contributed by atoms with Gasteiger partial charge in [0.1, 0.15) is 5.75 Å². The molecule has 0 unspecified atom stereocenters. The van der Waals surface area contributed by atoms with E-state index in [4.69, 9.17) is 4.74 Å². The van der Waals surface area contributed by atoms with Crippen molar-refractivity contribution in [3.05, 3.63) is 45.6 Å². The van der Waals surface area contributed by atoms with Gasteiger partial charge in [0.2, 0.25) is 0 Å². The van der Waals surface area contributed by atoms with Gasteiger partial charge in [-0.3, -0.25) is 4.40 Å². The second-order valence-corrected chi connectivity index (χ2v) is 6.13. The fourth-order valence-electron chi connectivity index (χ4n) is 2.11. The Bertz CT molecular complexity index is 750. The molecule has 104 valence electrons. The summed E-state index contributed by atoms with van der Waals surface area (Å²) in [6.45, 7) is 2.77. The van der Waals surface area contributed by atoms with Gasteiger partial charge in [0.15, 0.2) is 4.96 Å². The number of aryl methyl sites for hydroxylation is 1. The first kappa shape index (κ1) is 13.5. The lowest BCUT2D eigenvalue weighted by Crippen LogP contribution is -2.03. The summed E-state index contributed by atoms with van der Waals surface area (Å²) in [5.74, 6) is 0.820. The summed E-state index contributed by atoms with van der Waals surface area (Å²) in [6.07, 6.45) is 2.05. The number of ether oxygens (including phenoxy) is 1. The van der Waals surface area contributed by atoms with Crippen molar-refractivity contribution < 1.29 is 4.74 Å². The van der Waals surface area contributed by atoms with E-state index in [-0.39, 0.29) is 0 Å². The molecular formula is C14H14BrN3OS. The lowest BCUT2D eigenvalue weighted by atomic mass is 10.3. The average molecular weight is 352 g/mol. The Morgan fingerprint density at radius 1 is 1.45 bits per heavy atom. The molecule has 4 nitrogen and oxygen atoms in total. The number of nitrogens with one attached hydrogen (secondary N) is 1. The zero-order chi connectivity index (χ0) is 14.1. The second-order valence-electron chi connectivity index (χ2n) is 4.40. The third-order valence-electron chi connectivity index (χ3n) is 3.17. The maximum absolute atomic E-state index is 5.30. The fraction of sp³-hybridized carbons (Fsp3) is 0.214. The van der Waals surface area contributed by atoms with Gasteiger partial charge in [-0.1, -0.05) is 0 Å². The van der Waals surface area contributed by atoms with E-state index in [1.165, 1.54) is 5.69 Å². The first-order valence-electron chi connectivity index (χ1n) is 6.17. The highest BCUT2D eigenvalue weighted by molar-refractivity contribution is 9.10. The number of methoxy groups -OCH3 is 1. The van der Waals surface area contributed by atoms with Crippen LogP contribution in [0.3, 0.4) is 0 Å². The molecule has 0 aliphatic rings. The first-order valence-corrected chi connectivity index (χ1v) is 7.84. The molecule has 0 saturated heterocycles. The van der Waals surface area contributed by atoms with Crippen molar-refractivity contribution in [3.63, 3.8) is 0 Å². The number of benzene rings is 1. The molecule has 20 heavy (non-hydrogen) atoms. The van der Waals surface area contributed by atoms with Crippen LogP contribution in [0.5, 0.6) is 5.75 Å². The molecule has 0 aliphatic carbocycles. The van der Waals surface area contributed by atoms with E-state index in [0.717, 1.165) is 33.1 Å². The van der Waals surface area contributed by atoms with E-state index in [9.17, 15) is 0 Å². The number of hydrogen-bond acceptors (Lipinski definition) is 4. The van der Waals surface area contributed by atoms with Gasteiger partial charge in [0, 0.05) is 23.3 Å². The highest BCUT2D eigenvalue weighted by Gasteiger charge is 2.09. The lowest BCUT2D eigenvalue weighted by Gasteiger charge is -2.09. The largest absolute Gasteiger partial charge is 0.495 e. The topological polar surface area (TPSA) is 38.6 Å². The van der Waals surface area contributed by atoms with Crippen molar-refractivity contribution in [2.75, 3.05) is 12.4 Å². The number of aromatic nitrogens is 2. The van der Waals surface area contributed by atoms with Gasteiger partial charge in [-0.25, -0.2) is 4.98 Å². The number of thiazole rings is 1. The molecule has 0 atom stereocenters. The number of fused-ring (bicyclic) bond motifs is 1. The number of nitrogens with zero attached hydrogens (tertiary/aromatic N) is 2. The van der Waals surface area contributed by atoms with Gasteiger partial charge in [0.05, 0.1) is 29.5 Å². The van der Waals surface area contributed by atoms with E-state index in [2.05, 4.69) is 36.8 Å². The maximum Gasteiger partial charge on any atom is 0.194 e. The Balaban J connectivity index is 1.82. The molecule has 2 aromatic heterocycles. The van der Waals surface area contributed by atoms with Crippen LogP contribution in [0.15, 0.2) is 34.2 Å². The van der Waals surface area contributed by atoms with Gasteiger partial charge in [-0.05, 0) is 35.0 Å². The SMILES string of the molecule is COc1cc(NCc2c(C)nc3sccn23)ccc1Br. The molecule has 0 aliphatic heterocycles. The van der Waals surface area contributed by atoms with Crippen molar-refractivity contribution in [2.45, 2.75) is 13.5 Å². The fourth-order valence-corrected chi connectivity index (χ4v) is 3.30. The van der Waals surface area contributed by atoms with Crippen LogP contribution in [0.2, 0.25) is 0 Å².